The van der Waals surface area contributed by atoms with E-state index in [1.165, 1.54) is 0 Å². The van der Waals surface area contributed by atoms with Gasteiger partial charge in [0.2, 0.25) is 11.8 Å². The average Bonchev–Trinajstić information content (AvgIpc) is 2.55. The lowest BCUT2D eigenvalue weighted by molar-refractivity contribution is -0.131. The fraction of sp³-hybridized carbons (Fsp3) is 0.625. The molecule has 0 aliphatic carbocycles. The molecule has 3 rings (SSSR count). The highest BCUT2D eigenvalue weighted by molar-refractivity contribution is 5.82. The fourth-order valence-corrected chi connectivity index (χ4v) is 3.02. The van der Waals surface area contributed by atoms with Crippen LogP contribution in [0.15, 0.2) is 18.3 Å². The van der Waals surface area contributed by atoms with Gasteiger partial charge in [-0.3, -0.25) is 9.69 Å². The van der Waals surface area contributed by atoms with Crippen LogP contribution in [0.2, 0.25) is 0 Å². The standard InChI is InChI=1S/C16H24N4O2/c1-13(2)18-6-8-19(9-7-18)15(21)12-20-10-11-22-16-14(20)4-3-5-17-16/h3-5,13H,6-12H2,1-2H3. The summed E-state index contributed by atoms with van der Waals surface area (Å²) in [6.45, 7) is 9.70. The lowest BCUT2D eigenvalue weighted by Gasteiger charge is -2.38. The molecule has 6 nitrogen and oxygen atoms in total. The molecule has 0 unspecified atom stereocenters. The van der Waals surface area contributed by atoms with Gasteiger partial charge in [-0.15, -0.1) is 0 Å². The number of anilines is 1. The van der Waals surface area contributed by atoms with Gasteiger partial charge in [-0.1, -0.05) is 0 Å². The van der Waals surface area contributed by atoms with Crippen LogP contribution in [0, 0.1) is 0 Å². The maximum absolute atomic E-state index is 12.6. The second-order valence-corrected chi connectivity index (χ2v) is 6.11. The van der Waals surface area contributed by atoms with Crippen LogP contribution >= 0.6 is 0 Å². The molecule has 0 atom stereocenters. The third kappa shape index (κ3) is 3.16. The topological polar surface area (TPSA) is 48.9 Å². The number of hydrogen-bond donors (Lipinski definition) is 0. The van der Waals surface area contributed by atoms with Gasteiger partial charge >= 0.3 is 0 Å². The number of rotatable bonds is 3. The van der Waals surface area contributed by atoms with Crippen molar-refractivity contribution in [1.29, 1.82) is 0 Å². The van der Waals surface area contributed by atoms with Crippen LogP contribution in [0.5, 0.6) is 5.88 Å². The minimum atomic E-state index is 0.195. The molecule has 0 bridgehead atoms. The zero-order valence-electron chi connectivity index (χ0n) is 13.4. The molecule has 0 radical (unpaired) electrons. The Morgan fingerprint density at radius 1 is 1.27 bits per heavy atom. The van der Waals surface area contributed by atoms with Crippen LogP contribution in [0.25, 0.3) is 0 Å². The van der Waals surface area contributed by atoms with Crippen LogP contribution in [-0.2, 0) is 4.79 Å². The molecule has 1 aromatic heterocycles. The van der Waals surface area contributed by atoms with Crippen molar-refractivity contribution >= 4 is 11.6 Å². The van der Waals surface area contributed by atoms with Crippen molar-refractivity contribution < 1.29 is 9.53 Å². The van der Waals surface area contributed by atoms with Crippen molar-refractivity contribution in [2.75, 3.05) is 50.8 Å². The van der Waals surface area contributed by atoms with E-state index >= 15 is 0 Å². The van der Waals surface area contributed by atoms with Gasteiger partial charge in [-0.25, -0.2) is 4.98 Å². The molecular formula is C16H24N4O2. The van der Waals surface area contributed by atoms with Gasteiger partial charge in [0.15, 0.2) is 0 Å². The molecule has 1 saturated heterocycles. The molecular weight excluding hydrogens is 280 g/mol. The monoisotopic (exact) mass is 304 g/mol. The predicted molar refractivity (Wildman–Crippen MR) is 85.2 cm³/mol. The number of amides is 1. The first-order valence-corrected chi connectivity index (χ1v) is 8.00. The highest BCUT2D eigenvalue weighted by Crippen LogP contribution is 2.28. The highest BCUT2D eigenvalue weighted by Gasteiger charge is 2.26. The largest absolute Gasteiger partial charge is 0.474 e. The Balaban J connectivity index is 1.59. The second-order valence-electron chi connectivity index (χ2n) is 6.11. The number of nitrogens with zero attached hydrogens (tertiary/aromatic N) is 4. The van der Waals surface area contributed by atoms with E-state index in [4.69, 9.17) is 4.74 Å². The first-order valence-electron chi connectivity index (χ1n) is 8.00. The van der Waals surface area contributed by atoms with Crippen molar-refractivity contribution in [2.24, 2.45) is 0 Å². The van der Waals surface area contributed by atoms with E-state index in [1.807, 2.05) is 17.0 Å². The molecule has 0 aromatic carbocycles. The van der Waals surface area contributed by atoms with E-state index in [0.717, 1.165) is 38.4 Å². The Kier molecular flexibility index (Phi) is 4.47. The van der Waals surface area contributed by atoms with E-state index in [1.54, 1.807) is 6.20 Å². The van der Waals surface area contributed by atoms with Gasteiger partial charge < -0.3 is 14.5 Å². The Bertz CT molecular complexity index is 527. The molecule has 3 heterocycles. The first-order chi connectivity index (χ1) is 10.6. The van der Waals surface area contributed by atoms with Gasteiger partial charge in [0.1, 0.15) is 12.3 Å². The molecule has 120 valence electrons. The summed E-state index contributed by atoms with van der Waals surface area (Å²) in [6.07, 6.45) is 1.72. The molecule has 6 heteroatoms. The summed E-state index contributed by atoms with van der Waals surface area (Å²) in [7, 11) is 0. The minimum Gasteiger partial charge on any atom is -0.474 e. The SMILES string of the molecule is CC(C)N1CCN(C(=O)CN2CCOc3ncccc32)CC1. The molecule has 1 amide bonds. The van der Waals surface area contributed by atoms with Crippen LogP contribution in [-0.4, -0.2) is 72.6 Å². The molecule has 0 N–H and O–H groups in total. The normalized spacial score (nSPS) is 19.0. The summed E-state index contributed by atoms with van der Waals surface area (Å²) in [5, 5.41) is 0. The van der Waals surface area contributed by atoms with Crippen molar-refractivity contribution in [3.8, 4) is 5.88 Å². The molecule has 0 saturated carbocycles. The summed E-state index contributed by atoms with van der Waals surface area (Å²) in [5.41, 5.74) is 0.919. The number of carbonyl (C=O) groups excluding carboxylic acids is 1. The minimum absolute atomic E-state index is 0.195. The average molecular weight is 304 g/mol. The third-order valence-corrected chi connectivity index (χ3v) is 4.42. The zero-order chi connectivity index (χ0) is 15.5. The number of pyridine rings is 1. The Morgan fingerprint density at radius 2 is 2.05 bits per heavy atom. The van der Waals surface area contributed by atoms with E-state index in [0.29, 0.717) is 25.1 Å². The summed E-state index contributed by atoms with van der Waals surface area (Å²) in [4.78, 5) is 23.2. The van der Waals surface area contributed by atoms with Crippen LogP contribution in [0.1, 0.15) is 13.8 Å². The summed E-state index contributed by atoms with van der Waals surface area (Å²) < 4.78 is 5.54. The maximum Gasteiger partial charge on any atom is 0.242 e. The van der Waals surface area contributed by atoms with Crippen molar-refractivity contribution in [1.82, 2.24) is 14.8 Å². The number of carbonyl (C=O) groups is 1. The number of piperazine rings is 1. The number of hydrogen-bond acceptors (Lipinski definition) is 5. The van der Waals surface area contributed by atoms with E-state index in [9.17, 15) is 4.79 Å². The van der Waals surface area contributed by atoms with Gasteiger partial charge in [-0.2, -0.15) is 0 Å². The number of aromatic nitrogens is 1. The van der Waals surface area contributed by atoms with Crippen LogP contribution in [0.4, 0.5) is 5.69 Å². The molecule has 1 aromatic rings. The Hall–Kier alpha value is -1.82. The van der Waals surface area contributed by atoms with Crippen LogP contribution < -0.4 is 9.64 Å². The fourth-order valence-electron chi connectivity index (χ4n) is 3.02. The molecule has 0 spiro atoms. The van der Waals surface area contributed by atoms with E-state index in [2.05, 4.69) is 28.6 Å². The van der Waals surface area contributed by atoms with Crippen LogP contribution in [0.3, 0.4) is 0 Å². The van der Waals surface area contributed by atoms with Gasteiger partial charge in [-0.05, 0) is 26.0 Å². The van der Waals surface area contributed by atoms with Crippen molar-refractivity contribution in [3.05, 3.63) is 18.3 Å². The van der Waals surface area contributed by atoms with Gasteiger partial charge in [0, 0.05) is 38.4 Å². The lowest BCUT2D eigenvalue weighted by atomic mass is 10.2. The third-order valence-electron chi connectivity index (χ3n) is 4.42. The number of ether oxygens (including phenoxy) is 1. The Morgan fingerprint density at radius 3 is 2.77 bits per heavy atom. The van der Waals surface area contributed by atoms with Crippen molar-refractivity contribution in [3.63, 3.8) is 0 Å². The summed E-state index contributed by atoms with van der Waals surface area (Å²) >= 11 is 0. The summed E-state index contributed by atoms with van der Waals surface area (Å²) in [6, 6.07) is 4.40. The quantitative estimate of drug-likeness (QED) is 0.828. The van der Waals surface area contributed by atoms with E-state index < -0.39 is 0 Å². The van der Waals surface area contributed by atoms with Gasteiger partial charge in [0.25, 0.3) is 0 Å². The molecule has 1 fully saturated rings. The predicted octanol–water partition coefficient (Wildman–Crippen LogP) is 0.833. The van der Waals surface area contributed by atoms with Crippen molar-refractivity contribution in [2.45, 2.75) is 19.9 Å². The molecule has 22 heavy (non-hydrogen) atoms. The maximum atomic E-state index is 12.6. The molecule has 2 aliphatic rings. The molecule has 2 aliphatic heterocycles. The highest BCUT2D eigenvalue weighted by atomic mass is 16.5. The smallest absolute Gasteiger partial charge is 0.242 e. The summed E-state index contributed by atoms with van der Waals surface area (Å²) in [5.74, 6) is 0.825. The zero-order valence-corrected chi connectivity index (χ0v) is 13.4. The lowest BCUT2D eigenvalue weighted by Crippen LogP contribution is -2.53. The second kappa shape index (κ2) is 6.52. The van der Waals surface area contributed by atoms with E-state index in [-0.39, 0.29) is 5.91 Å². The first kappa shape index (κ1) is 15.1. The number of fused-ring (bicyclic) bond motifs is 1. The van der Waals surface area contributed by atoms with Gasteiger partial charge in [0.05, 0.1) is 13.1 Å². The Labute approximate surface area is 131 Å².